The third kappa shape index (κ3) is 3.24. The van der Waals surface area contributed by atoms with Crippen molar-refractivity contribution in [2.24, 2.45) is 0 Å². The normalized spacial score (nSPS) is 11.4. The maximum absolute atomic E-state index is 11.2. The molecule has 7 heteroatoms. The number of nitrogens with one attached hydrogen (secondary N) is 1. The lowest BCUT2D eigenvalue weighted by Crippen LogP contribution is -1.98. The fourth-order valence-corrected chi connectivity index (χ4v) is 2.71. The van der Waals surface area contributed by atoms with E-state index in [2.05, 4.69) is 15.5 Å². The van der Waals surface area contributed by atoms with Gasteiger partial charge in [-0.15, -0.1) is 10.2 Å². The number of rotatable bonds is 4. The van der Waals surface area contributed by atoms with Crippen molar-refractivity contribution in [3.05, 3.63) is 35.9 Å². The van der Waals surface area contributed by atoms with E-state index in [-0.39, 0.29) is 4.34 Å². The van der Waals surface area contributed by atoms with E-state index in [0.29, 0.717) is 11.7 Å². The second-order valence-electron chi connectivity index (χ2n) is 3.48. The molecule has 0 saturated carbocycles. The summed E-state index contributed by atoms with van der Waals surface area (Å²) in [4.78, 5) is 0. The van der Waals surface area contributed by atoms with Crippen LogP contribution in [0.3, 0.4) is 0 Å². The van der Waals surface area contributed by atoms with E-state index in [0.717, 1.165) is 23.2 Å². The van der Waals surface area contributed by atoms with Gasteiger partial charge < -0.3 is 5.32 Å². The van der Waals surface area contributed by atoms with Gasteiger partial charge in [0.2, 0.25) is 19.3 Å². The van der Waals surface area contributed by atoms with Crippen molar-refractivity contribution < 1.29 is 8.42 Å². The predicted molar refractivity (Wildman–Crippen MR) is 66.8 cm³/mol. The van der Waals surface area contributed by atoms with E-state index >= 15 is 0 Å². The maximum atomic E-state index is 11.2. The quantitative estimate of drug-likeness (QED) is 0.911. The van der Waals surface area contributed by atoms with Crippen molar-refractivity contribution >= 4 is 26.3 Å². The Morgan fingerprint density at radius 1 is 1.24 bits per heavy atom. The van der Waals surface area contributed by atoms with Crippen molar-refractivity contribution in [3.63, 3.8) is 0 Å². The van der Waals surface area contributed by atoms with E-state index < -0.39 is 9.84 Å². The summed E-state index contributed by atoms with van der Waals surface area (Å²) in [5.41, 5.74) is 1.10. The molecule has 2 rings (SSSR count). The average molecular weight is 269 g/mol. The molecule has 0 bridgehead atoms. The molecule has 0 atom stereocenters. The van der Waals surface area contributed by atoms with Crippen molar-refractivity contribution in [1.82, 2.24) is 10.2 Å². The molecule has 1 aromatic carbocycles. The lowest BCUT2D eigenvalue weighted by Gasteiger charge is -2.00. The molecule has 17 heavy (non-hydrogen) atoms. The highest BCUT2D eigenvalue weighted by atomic mass is 32.2. The fraction of sp³-hybridized carbons (Fsp3) is 0.200. The molecule has 0 unspecified atom stereocenters. The summed E-state index contributed by atoms with van der Waals surface area (Å²) in [7, 11) is -3.26. The Labute approximate surface area is 103 Å². The number of benzene rings is 1. The van der Waals surface area contributed by atoms with E-state index in [9.17, 15) is 8.42 Å². The molecule has 1 heterocycles. The van der Waals surface area contributed by atoms with Gasteiger partial charge in [-0.1, -0.05) is 41.7 Å². The summed E-state index contributed by atoms with van der Waals surface area (Å²) in [5.74, 6) is 0. The molecule has 0 amide bonds. The molecule has 2 aromatic rings. The molecule has 0 aliphatic carbocycles. The van der Waals surface area contributed by atoms with Crippen LogP contribution in [0, 0.1) is 0 Å². The highest BCUT2D eigenvalue weighted by molar-refractivity contribution is 7.92. The van der Waals surface area contributed by atoms with Gasteiger partial charge in [0.15, 0.2) is 0 Å². The van der Waals surface area contributed by atoms with Gasteiger partial charge in [-0.05, 0) is 5.56 Å². The first-order valence-corrected chi connectivity index (χ1v) is 7.58. The molecule has 0 fully saturated rings. The molecular weight excluding hydrogens is 258 g/mol. The first-order chi connectivity index (χ1) is 8.05. The zero-order valence-corrected chi connectivity index (χ0v) is 10.8. The van der Waals surface area contributed by atoms with Gasteiger partial charge in [0.25, 0.3) is 0 Å². The summed E-state index contributed by atoms with van der Waals surface area (Å²) >= 11 is 1.04. The van der Waals surface area contributed by atoms with Gasteiger partial charge in [-0.2, -0.15) is 0 Å². The van der Waals surface area contributed by atoms with Crippen LogP contribution in [0.2, 0.25) is 0 Å². The second kappa shape index (κ2) is 4.80. The molecular formula is C10H11N3O2S2. The Morgan fingerprint density at radius 2 is 1.94 bits per heavy atom. The highest BCUT2D eigenvalue weighted by Crippen LogP contribution is 2.19. The lowest BCUT2D eigenvalue weighted by molar-refractivity contribution is 0.600. The van der Waals surface area contributed by atoms with Crippen LogP contribution in [0.15, 0.2) is 34.7 Å². The standard InChI is InChI=1S/C10H11N3O2S2/c1-17(14,15)10-13-12-9(16-10)11-7-8-5-3-2-4-6-8/h2-6H,7H2,1H3,(H,11,12). The summed E-state index contributed by atoms with van der Waals surface area (Å²) in [6.45, 7) is 0.596. The van der Waals surface area contributed by atoms with E-state index in [1.54, 1.807) is 0 Å². The molecule has 0 aliphatic heterocycles. The molecule has 0 aliphatic rings. The van der Waals surface area contributed by atoms with E-state index in [1.807, 2.05) is 30.3 Å². The zero-order valence-electron chi connectivity index (χ0n) is 9.12. The van der Waals surface area contributed by atoms with Gasteiger partial charge in [0.1, 0.15) is 0 Å². The van der Waals surface area contributed by atoms with Crippen LogP contribution in [0.1, 0.15) is 5.56 Å². The van der Waals surface area contributed by atoms with Crippen LogP contribution >= 0.6 is 11.3 Å². The van der Waals surface area contributed by atoms with Crippen molar-refractivity contribution in [2.75, 3.05) is 11.6 Å². The number of nitrogens with zero attached hydrogens (tertiary/aromatic N) is 2. The molecule has 1 N–H and O–H groups in total. The smallest absolute Gasteiger partial charge is 0.234 e. The summed E-state index contributed by atoms with van der Waals surface area (Å²) in [5, 5.41) is 10.9. The fourth-order valence-electron chi connectivity index (χ4n) is 1.20. The maximum Gasteiger partial charge on any atom is 0.234 e. The van der Waals surface area contributed by atoms with E-state index in [4.69, 9.17) is 0 Å². The van der Waals surface area contributed by atoms with Gasteiger partial charge in [-0.3, -0.25) is 0 Å². The summed E-state index contributed by atoms with van der Waals surface area (Å²) in [6, 6.07) is 9.78. The Kier molecular flexibility index (Phi) is 3.39. The van der Waals surface area contributed by atoms with Gasteiger partial charge in [0, 0.05) is 12.8 Å². The summed E-state index contributed by atoms with van der Waals surface area (Å²) < 4.78 is 22.4. The minimum Gasteiger partial charge on any atom is -0.356 e. The van der Waals surface area contributed by atoms with Crippen molar-refractivity contribution in [3.8, 4) is 0 Å². The predicted octanol–water partition coefficient (Wildman–Crippen LogP) is 1.55. The first kappa shape index (κ1) is 12.0. The Bertz CT molecular complexity index is 593. The number of hydrogen-bond donors (Lipinski definition) is 1. The van der Waals surface area contributed by atoms with Crippen molar-refractivity contribution in [1.29, 1.82) is 0 Å². The molecule has 90 valence electrons. The summed E-state index contributed by atoms with van der Waals surface area (Å²) in [6.07, 6.45) is 1.12. The third-order valence-corrected chi connectivity index (χ3v) is 4.56. The number of sulfone groups is 1. The monoisotopic (exact) mass is 269 g/mol. The van der Waals surface area contributed by atoms with Crippen LogP contribution in [0.5, 0.6) is 0 Å². The molecule has 1 aromatic heterocycles. The number of aromatic nitrogens is 2. The minimum absolute atomic E-state index is 0.0352. The highest BCUT2D eigenvalue weighted by Gasteiger charge is 2.13. The third-order valence-electron chi connectivity index (χ3n) is 2.01. The van der Waals surface area contributed by atoms with Gasteiger partial charge in [-0.25, -0.2) is 8.42 Å². The van der Waals surface area contributed by atoms with Crippen LogP contribution in [-0.4, -0.2) is 24.9 Å². The number of anilines is 1. The lowest BCUT2D eigenvalue weighted by atomic mass is 10.2. The minimum atomic E-state index is -3.26. The Morgan fingerprint density at radius 3 is 2.53 bits per heavy atom. The Hall–Kier alpha value is -1.47. The second-order valence-corrected chi connectivity index (χ2v) is 6.65. The van der Waals surface area contributed by atoms with Crippen LogP contribution in [-0.2, 0) is 16.4 Å². The Balaban J connectivity index is 2.04. The topological polar surface area (TPSA) is 72.0 Å². The van der Waals surface area contributed by atoms with Gasteiger partial charge >= 0.3 is 0 Å². The molecule has 5 nitrogen and oxygen atoms in total. The van der Waals surface area contributed by atoms with Crippen LogP contribution in [0.4, 0.5) is 5.13 Å². The van der Waals surface area contributed by atoms with Crippen LogP contribution < -0.4 is 5.32 Å². The average Bonchev–Trinajstić information content (AvgIpc) is 2.76. The van der Waals surface area contributed by atoms with E-state index in [1.165, 1.54) is 0 Å². The molecule has 0 saturated heterocycles. The molecule has 0 spiro atoms. The largest absolute Gasteiger partial charge is 0.356 e. The first-order valence-electron chi connectivity index (χ1n) is 4.87. The number of hydrogen-bond acceptors (Lipinski definition) is 6. The zero-order chi connectivity index (χ0) is 12.3. The molecule has 0 radical (unpaired) electrons. The van der Waals surface area contributed by atoms with Crippen molar-refractivity contribution in [2.45, 2.75) is 10.9 Å². The van der Waals surface area contributed by atoms with Crippen LogP contribution in [0.25, 0.3) is 0 Å². The SMILES string of the molecule is CS(=O)(=O)c1nnc(NCc2ccccc2)s1. The van der Waals surface area contributed by atoms with Gasteiger partial charge in [0.05, 0.1) is 0 Å².